The third-order valence-corrected chi connectivity index (χ3v) is 9.13. The second-order valence-corrected chi connectivity index (χ2v) is 14.0. The van der Waals surface area contributed by atoms with Gasteiger partial charge in [0.25, 0.3) is 0 Å². The summed E-state index contributed by atoms with van der Waals surface area (Å²) in [5, 5.41) is 42.6. The fourth-order valence-electron chi connectivity index (χ4n) is 5.61. The molecule has 2 aromatic carbocycles. The molecule has 7 amide bonds. The van der Waals surface area contributed by atoms with Crippen molar-refractivity contribution in [3.05, 3.63) is 71.8 Å². The topological polar surface area (TPSA) is 356 Å². The maximum Gasteiger partial charge on any atom is 0.325 e. The molecule has 0 bridgehead atoms. The quantitative estimate of drug-likeness (QED) is 0.0500. The van der Waals surface area contributed by atoms with Crippen molar-refractivity contribution in [2.45, 2.75) is 102 Å². The molecular weight excluding hydrogens is 788 g/mol. The van der Waals surface area contributed by atoms with E-state index in [0.29, 0.717) is 11.1 Å². The molecule has 0 fully saturated rings. The molecule has 0 aliphatic heterocycles. The summed E-state index contributed by atoms with van der Waals surface area (Å²) in [7, 11) is 0. The Kier molecular flexibility index (Phi) is 19.8. The van der Waals surface area contributed by atoms with Gasteiger partial charge >= 0.3 is 17.9 Å². The molecule has 0 unspecified atom stereocenters. The Morgan fingerprint density at radius 3 is 1.30 bits per heavy atom. The first-order valence-corrected chi connectivity index (χ1v) is 18.8. The van der Waals surface area contributed by atoms with Crippen LogP contribution < -0.4 is 43.4 Å². The predicted octanol–water partition coefficient (Wildman–Crippen LogP) is -2.32. The zero-order valence-electron chi connectivity index (χ0n) is 33.2. The second kappa shape index (κ2) is 24.1. The highest BCUT2D eigenvalue weighted by atomic mass is 16.4. The fourth-order valence-corrected chi connectivity index (χ4v) is 5.61. The number of carbonyl (C=O) groups excluding carboxylic acids is 7. The first-order valence-electron chi connectivity index (χ1n) is 18.8. The van der Waals surface area contributed by atoms with Gasteiger partial charge in [0.15, 0.2) is 0 Å². The molecule has 0 saturated carbocycles. The molecule has 326 valence electrons. The van der Waals surface area contributed by atoms with E-state index >= 15 is 0 Å². The first-order chi connectivity index (χ1) is 28.2. The highest BCUT2D eigenvalue weighted by Crippen LogP contribution is 2.12. The maximum atomic E-state index is 14.0. The Morgan fingerprint density at radius 1 is 0.533 bits per heavy atom. The number of hydrogen-bond donors (Lipinski definition) is 11. The Morgan fingerprint density at radius 2 is 0.917 bits per heavy atom. The van der Waals surface area contributed by atoms with Crippen LogP contribution in [0.5, 0.6) is 0 Å². The summed E-state index contributed by atoms with van der Waals surface area (Å²) in [5.74, 6) is -12.2. The third-order valence-electron chi connectivity index (χ3n) is 9.13. The average Bonchev–Trinajstić information content (AvgIpc) is 3.18. The van der Waals surface area contributed by atoms with Gasteiger partial charge in [-0.3, -0.25) is 47.9 Å². The fraction of sp³-hybridized carbons (Fsp3) is 0.436. The smallest absolute Gasteiger partial charge is 0.325 e. The van der Waals surface area contributed by atoms with Crippen molar-refractivity contribution in [2.75, 3.05) is 0 Å². The van der Waals surface area contributed by atoms with Gasteiger partial charge < -0.3 is 58.7 Å². The number of carboxylic acids is 3. The van der Waals surface area contributed by atoms with Crippen LogP contribution in [0.15, 0.2) is 60.7 Å². The molecule has 0 aromatic heterocycles. The lowest BCUT2D eigenvalue weighted by atomic mass is 9.96. The lowest BCUT2D eigenvalue weighted by Crippen LogP contribution is -2.61. The van der Waals surface area contributed by atoms with Gasteiger partial charge in [0.05, 0.1) is 25.3 Å². The van der Waals surface area contributed by atoms with Crippen molar-refractivity contribution >= 4 is 59.3 Å². The molecule has 0 aliphatic rings. The summed E-state index contributed by atoms with van der Waals surface area (Å²) in [4.78, 5) is 127. The molecular formula is C39H52N8O13. The normalized spacial score (nSPS) is 14.8. The zero-order valence-corrected chi connectivity index (χ0v) is 33.2. The molecule has 0 aliphatic carbocycles. The highest BCUT2D eigenvalue weighted by molar-refractivity contribution is 5.99. The first kappa shape index (κ1) is 49.2. The molecule has 0 heterocycles. The van der Waals surface area contributed by atoms with Gasteiger partial charge in [-0.05, 0) is 24.0 Å². The number of benzene rings is 2. The van der Waals surface area contributed by atoms with Gasteiger partial charge in [0.1, 0.15) is 36.3 Å². The number of carboxylic acid groups (broad SMARTS) is 3. The van der Waals surface area contributed by atoms with Crippen molar-refractivity contribution < 1.29 is 63.3 Å². The van der Waals surface area contributed by atoms with Crippen molar-refractivity contribution in [3.63, 3.8) is 0 Å². The van der Waals surface area contributed by atoms with Gasteiger partial charge in [0.2, 0.25) is 41.4 Å². The van der Waals surface area contributed by atoms with E-state index < -0.39 is 127 Å². The summed E-state index contributed by atoms with van der Waals surface area (Å²) in [6, 6.07) is 5.62. The van der Waals surface area contributed by atoms with Crippen LogP contribution in [-0.2, 0) is 60.8 Å². The number of nitrogens with two attached hydrogens (primary N) is 2. The van der Waals surface area contributed by atoms with E-state index in [1.54, 1.807) is 74.5 Å². The van der Waals surface area contributed by atoms with Crippen LogP contribution in [0.4, 0.5) is 0 Å². The van der Waals surface area contributed by atoms with E-state index in [-0.39, 0.29) is 19.3 Å². The van der Waals surface area contributed by atoms with Crippen LogP contribution in [0.2, 0.25) is 0 Å². The molecule has 60 heavy (non-hydrogen) atoms. The van der Waals surface area contributed by atoms with Crippen LogP contribution in [-0.4, -0.2) is 117 Å². The number of rotatable bonds is 25. The molecule has 0 spiro atoms. The van der Waals surface area contributed by atoms with Gasteiger partial charge in [-0.1, -0.05) is 80.9 Å². The number of amides is 7. The minimum atomic E-state index is -1.82. The van der Waals surface area contributed by atoms with Crippen LogP contribution in [0.3, 0.4) is 0 Å². The Hall–Kier alpha value is -6.90. The van der Waals surface area contributed by atoms with Crippen LogP contribution in [0.25, 0.3) is 0 Å². The molecule has 0 radical (unpaired) electrons. The molecule has 21 heteroatoms. The third kappa shape index (κ3) is 16.9. The van der Waals surface area contributed by atoms with E-state index in [9.17, 15) is 63.3 Å². The van der Waals surface area contributed by atoms with Gasteiger partial charge in [-0.2, -0.15) is 0 Å². The number of primary amides is 1. The molecule has 8 atom stereocenters. The predicted molar refractivity (Wildman–Crippen MR) is 211 cm³/mol. The minimum absolute atomic E-state index is 0.143. The monoisotopic (exact) mass is 840 g/mol. The van der Waals surface area contributed by atoms with Crippen LogP contribution in [0.1, 0.15) is 57.6 Å². The zero-order chi connectivity index (χ0) is 45.1. The van der Waals surface area contributed by atoms with E-state index in [4.69, 9.17) is 11.5 Å². The number of hydrogen-bond acceptors (Lipinski definition) is 11. The number of nitrogens with one attached hydrogen (secondary N) is 6. The van der Waals surface area contributed by atoms with Gasteiger partial charge in [0, 0.05) is 12.8 Å². The molecule has 2 aromatic rings. The number of carbonyl (C=O) groups is 10. The summed E-state index contributed by atoms with van der Waals surface area (Å²) in [5.41, 5.74) is 11.8. The summed E-state index contributed by atoms with van der Waals surface area (Å²) < 4.78 is 0. The lowest BCUT2D eigenvalue weighted by molar-refractivity contribution is -0.143. The second-order valence-electron chi connectivity index (χ2n) is 14.0. The summed E-state index contributed by atoms with van der Waals surface area (Å²) in [6.07, 6.45) is -2.65. The lowest BCUT2D eigenvalue weighted by Gasteiger charge is -2.29. The van der Waals surface area contributed by atoms with Crippen molar-refractivity contribution in [1.29, 1.82) is 0 Å². The van der Waals surface area contributed by atoms with Gasteiger partial charge in [-0.25, -0.2) is 0 Å². The van der Waals surface area contributed by atoms with Crippen LogP contribution in [0, 0.1) is 5.92 Å². The Balaban J connectivity index is 2.42. The molecule has 21 nitrogen and oxygen atoms in total. The summed E-state index contributed by atoms with van der Waals surface area (Å²) in [6.45, 7) is 4.44. The van der Waals surface area contributed by atoms with E-state index in [1.807, 2.05) is 0 Å². The average molecular weight is 841 g/mol. The van der Waals surface area contributed by atoms with E-state index in [0.717, 1.165) is 0 Å². The van der Waals surface area contributed by atoms with Crippen molar-refractivity contribution in [3.8, 4) is 0 Å². The SMILES string of the molecule is CC[C@H](C)[C@H](NC(=O)[C@H](Cc1ccccc1)NC(=O)[C@H](CC(=O)O)NC(=O)[C@@H](N)CC(N)=O)C(=O)N[C@@H](CC(=O)O)C(=O)N[C@@H](Cc1ccccc1)C(=O)N[C@@H](C)C(=O)O. The molecule has 2 rings (SSSR count). The Labute approximate surface area is 344 Å². The summed E-state index contributed by atoms with van der Waals surface area (Å²) >= 11 is 0. The molecule has 0 saturated heterocycles. The Bertz CT molecular complexity index is 1860. The van der Waals surface area contributed by atoms with Crippen LogP contribution >= 0.6 is 0 Å². The van der Waals surface area contributed by atoms with Crippen molar-refractivity contribution in [1.82, 2.24) is 31.9 Å². The van der Waals surface area contributed by atoms with Gasteiger partial charge in [-0.15, -0.1) is 0 Å². The number of aliphatic carboxylic acids is 3. The highest BCUT2D eigenvalue weighted by Gasteiger charge is 2.36. The van der Waals surface area contributed by atoms with E-state index in [1.165, 1.54) is 6.92 Å². The molecule has 13 N–H and O–H groups in total. The standard InChI is InChI=1S/C39H52N8O13/c1-4-20(2)32(38(58)46-28(19-31(51)52)36(56)44-25(15-22-11-7-5-8-12-22)34(54)42-21(3)39(59)60)47-37(57)26(16-23-13-9-6-10-14-23)45-35(55)27(18-30(49)50)43-33(53)24(40)17-29(41)48/h5-14,20-21,24-28,32H,4,15-19,40H2,1-3H3,(H2,41,48)(H,42,54)(H,43,53)(H,44,56)(H,45,55)(H,46,58)(H,47,57)(H,49,50)(H,51,52)(H,59,60)/t20-,21-,24-,25-,26-,27-,28-,32-/m0/s1. The van der Waals surface area contributed by atoms with E-state index in [2.05, 4.69) is 31.9 Å². The van der Waals surface area contributed by atoms with Crippen molar-refractivity contribution in [2.24, 2.45) is 17.4 Å². The largest absolute Gasteiger partial charge is 0.481 e. The maximum absolute atomic E-state index is 14.0. The minimum Gasteiger partial charge on any atom is -0.481 e.